The van der Waals surface area contributed by atoms with Crippen molar-refractivity contribution in [1.82, 2.24) is 0 Å². The Morgan fingerprint density at radius 1 is 1.06 bits per heavy atom. The summed E-state index contributed by atoms with van der Waals surface area (Å²) >= 11 is 0. The van der Waals surface area contributed by atoms with Crippen LogP contribution < -0.4 is 5.73 Å². The summed E-state index contributed by atoms with van der Waals surface area (Å²) in [5.74, 6) is 3.58. The Kier molecular flexibility index (Phi) is 2.87. The van der Waals surface area contributed by atoms with E-state index in [4.69, 9.17) is 5.73 Å². The summed E-state index contributed by atoms with van der Waals surface area (Å²) in [5, 5.41) is 0. The van der Waals surface area contributed by atoms with Gasteiger partial charge in [0.1, 0.15) is 0 Å². The first-order valence-electron chi connectivity index (χ1n) is 6.80. The van der Waals surface area contributed by atoms with Crippen LogP contribution >= 0.6 is 0 Å². The lowest BCUT2D eigenvalue weighted by atomic mass is 9.56. The third-order valence-corrected chi connectivity index (χ3v) is 7.12. The average molecular weight is 241 g/mol. The molecule has 1 unspecified atom stereocenters. The quantitative estimate of drug-likeness (QED) is 0.818. The van der Waals surface area contributed by atoms with E-state index in [1.165, 1.54) is 38.5 Å². The van der Waals surface area contributed by atoms with Gasteiger partial charge in [0.2, 0.25) is 0 Å². The van der Waals surface area contributed by atoms with Crippen LogP contribution in [0.15, 0.2) is 0 Å². The van der Waals surface area contributed by atoms with Crippen molar-refractivity contribution in [2.45, 2.75) is 49.7 Å². The van der Waals surface area contributed by atoms with Gasteiger partial charge >= 0.3 is 0 Å². The van der Waals surface area contributed by atoms with Crippen molar-refractivity contribution < 1.29 is 4.21 Å². The zero-order valence-corrected chi connectivity index (χ0v) is 10.8. The molecule has 0 saturated heterocycles. The van der Waals surface area contributed by atoms with Gasteiger partial charge in [-0.05, 0) is 69.2 Å². The molecular formula is C13H23NOS. The molecule has 4 aliphatic rings. The van der Waals surface area contributed by atoms with Crippen LogP contribution in [0.4, 0.5) is 0 Å². The molecule has 4 saturated carbocycles. The van der Waals surface area contributed by atoms with Gasteiger partial charge in [0.15, 0.2) is 0 Å². The molecule has 0 heterocycles. The van der Waals surface area contributed by atoms with Gasteiger partial charge in [-0.2, -0.15) is 0 Å². The predicted molar refractivity (Wildman–Crippen MR) is 67.6 cm³/mol. The Hall–Kier alpha value is 0.110. The highest BCUT2D eigenvalue weighted by Crippen LogP contribution is 2.57. The van der Waals surface area contributed by atoms with Crippen LogP contribution in [0.3, 0.4) is 0 Å². The van der Waals surface area contributed by atoms with Gasteiger partial charge in [-0.3, -0.25) is 4.21 Å². The first-order chi connectivity index (χ1) is 7.72. The zero-order valence-electron chi connectivity index (χ0n) is 9.99. The van der Waals surface area contributed by atoms with E-state index >= 15 is 0 Å². The van der Waals surface area contributed by atoms with Crippen molar-refractivity contribution in [3.05, 3.63) is 0 Å². The number of nitrogens with two attached hydrogens (primary N) is 1. The summed E-state index contributed by atoms with van der Waals surface area (Å²) in [6.45, 7) is 0.693. The zero-order chi connectivity index (χ0) is 11.2. The maximum absolute atomic E-state index is 12.5. The fraction of sp³-hybridized carbons (Fsp3) is 1.00. The highest BCUT2D eigenvalue weighted by atomic mass is 32.2. The molecule has 0 amide bonds. The molecule has 0 aromatic rings. The van der Waals surface area contributed by atoms with Gasteiger partial charge < -0.3 is 5.73 Å². The largest absolute Gasteiger partial charge is 0.330 e. The normalized spacial score (nSPS) is 47.2. The Balaban J connectivity index is 1.75. The molecule has 2 nitrogen and oxygen atoms in total. The summed E-state index contributed by atoms with van der Waals surface area (Å²) in [7, 11) is -0.605. The molecule has 16 heavy (non-hydrogen) atoms. The second-order valence-electron chi connectivity index (χ2n) is 6.29. The third-order valence-electron chi connectivity index (χ3n) is 5.00. The lowest BCUT2D eigenvalue weighted by Gasteiger charge is -2.56. The molecule has 0 aromatic carbocycles. The first kappa shape index (κ1) is 11.2. The standard InChI is InChI=1S/C13H23NOS/c14-2-1-3-16(15)13-7-10-4-11(8-13)6-12(5-10)9-13/h10-12H,1-9,14H2. The van der Waals surface area contributed by atoms with Crippen molar-refractivity contribution in [3.63, 3.8) is 0 Å². The monoisotopic (exact) mass is 241 g/mol. The predicted octanol–water partition coefficient (Wildman–Crippen LogP) is 2.05. The van der Waals surface area contributed by atoms with E-state index in [1.807, 2.05) is 0 Å². The molecular weight excluding hydrogens is 218 g/mol. The van der Waals surface area contributed by atoms with E-state index in [9.17, 15) is 4.21 Å². The van der Waals surface area contributed by atoms with Crippen LogP contribution in [0.25, 0.3) is 0 Å². The molecule has 3 heteroatoms. The molecule has 92 valence electrons. The second-order valence-corrected chi connectivity index (χ2v) is 8.26. The van der Waals surface area contributed by atoms with Crippen molar-refractivity contribution in [3.8, 4) is 0 Å². The lowest BCUT2D eigenvalue weighted by Crippen LogP contribution is -2.53. The van der Waals surface area contributed by atoms with Crippen LogP contribution in [0.1, 0.15) is 44.9 Å². The Bertz CT molecular complexity index is 267. The summed E-state index contributed by atoms with van der Waals surface area (Å²) in [5.41, 5.74) is 5.53. The molecule has 4 fully saturated rings. The van der Waals surface area contributed by atoms with Gasteiger partial charge in [0.05, 0.1) is 0 Å². The topological polar surface area (TPSA) is 43.1 Å². The minimum Gasteiger partial charge on any atom is -0.330 e. The summed E-state index contributed by atoms with van der Waals surface area (Å²) in [6.07, 6.45) is 9.03. The maximum Gasteiger partial charge on any atom is 0.0467 e. The fourth-order valence-corrected chi connectivity index (χ4v) is 6.87. The molecule has 4 rings (SSSR count). The van der Waals surface area contributed by atoms with Gasteiger partial charge in [-0.25, -0.2) is 0 Å². The van der Waals surface area contributed by atoms with E-state index in [2.05, 4.69) is 0 Å². The van der Waals surface area contributed by atoms with E-state index in [1.54, 1.807) is 0 Å². The summed E-state index contributed by atoms with van der Waals surface area (Å²) in [4.78, 5) is 0. The van der Waals surface area contributed by atoms with Crippen molar-refractivity contribution in [1.29, 1.82) is 0 Å². The Labute approximate surface area is 101 Å². The summed E-state index contributed by atoms with van der Waals surface area (Å²) in [6, 6.07) is 0. The van der Waals surface area contributed by atoms with E-state index < -0.39 is 10.8 Å². The van der Waals surface area contributed by atoms with Crippen LogP contribution in [-0.4, -0.2) is 21.3 Å². The van der Waals surface area contributed by atoms with E-state index in [0.29, 0.717) is 6.54 Å². The average Bonchev–Trinajstić information content (AvgIpc) is 2.24. The minimum absolute atomic E-state index is 0.226. The molecule has 1 atom stereocenters. The smallest absolute Gasteiger partial charge is 0.0467 e. The third kappa shape index (κ3) is 1.76. The Morgan fingerprint density at radius 2 is 1.56 bits per heavy atom. The molecule has 0 aliphatic heterocycles. The maximum atomic E-state index is 12.5. The first-order valence-corrected chi connectivity index (χ1v) is 8.12. The molecule has 2 N–H and O–H groups in total. The molecule has 0 aromatic heterocycles. The molecule has 4 aliphatic carbocycles. The highest BCUT2D eigenvalue weighted by Gasteiger charge is 2.53. The fourth-order valence-electron chi connectivity index (χ4n) is 4.74. The number of hydrogen-bond donors (Lipinski definition) is 1. The van der Waals surface area contributed by atoms with Crippen LogP contribution in [0, 0.1) is 17.8 Å². The van der Waals surface area contributed by atoms with Gasteiger partial charge in [-0.15, -0.1) is 0 Å². The lowest BCUT2D eigenvalue weighted by molar-refractivity contribution is 0.0361. The van der Waals surface area contributed by atoms with Gasteiger partial charge in [-0.1, -0.05) is 0 Å². The highest BCUT2D eigenvalue weighted by molar-refractivity contribution is 7.86. The van der Waals surface area contributed by atoms with Crippen molar-refractivity contribution >= 4 is 10.8 Å². The number of rotatable bonds is 4. The van der Waals surface area contributed by atoms with Crippen molar-refractivity contribution in [2.75, 3.05) is 12.3 Å². The van der Waals surface area contributed by atoms with Gasteiger partial charge in [0, 0.05) is 21.3 Å². The van der Waals surface area contributed by atoms with Crippen LogP contribution in [0.5, 0.6) is 0 Å². The molecule has 0 spiro atoms. The molecule has 4 bridgehead atoms. The van der Waals surface area contributed by atoms with Crippen molar-refractivity contribution in [2.24, 2.45) is 23.5 Å². The molecule has 0 radical (unpaired) electrons. The summed E-state index contributed by atoms with van der Waals surface area (Å²) < 4.78 is 12.7. The van der Waals surface area contributed by atoms with E-state index in [0.717, 1.165) is 29.9 Å². The second kappa shape index (κ2) is 4.09. The van der Waals surface area contributed by atoms with Crippen LogP contribution in [0.2, 0.25) is 0 Å². The number of hydrogen-bond acceptors (Lipinski definition) is 2. The van der Waals surface area contributed by atoms with Gasteiger partial charge in [0.25, 0.3) is 0 Å². The minimum atomic E-state index is -0.605. The van der Waals surface area contributed by atoms with Crippen LogP contribution in [-0.2, 0) is 10.8 Å². The SMILES string of the molecule is NCCCS(=O)C12CC3CC(CC(C3)C1)C2. The Morgan fingerprint density at radius 3 is 2.00 bits per heavy atom. The van der Waals surface area contributed by atoms with E-state index in [-0.39, 0.29) is 4.75 Å².